The number of aromatic nitrogens is 1. The zero-order chi connectivity index (χ0) is 49.3. The molecule has 1 nitrogen and oxygen atoms in total. The predicted molar refractivity (Wildman–Crippen MR) is 319 cm³/mol. The van der Waals surface area contributed by atoms with Crippen LogP contribution in [0.1, 0.15) is 0 Å². The molecule has 0 amide bonds. The lowest BCUT2D eigenvalue weighted by molar-refractivity contribution is 1.18. The predicted octanol–water partition coefficient (Wildman–Crippen LogP) is 18.4. The lowest BCUT2D eigenvalue weighted by atomic mass is 9.96. The summed E-state index contributed by atoms with van der Waals surface area (Å²) in [5, 5.41) is 8.07. The Kier molecular flexibility index (Phi) is 10.4. The molecule has 0 fully saturated rings. The third-order valence-electron chi connectivity index (χ3n) is 15.9. The molecule has 0 saturated carbocycles. The minimum Gasteiger partial charge on any atom is -0.309 e. The van der Waals surface area contributed by atoms with E-state index >= 15 is 0 Å². The van der Waals surface area contributed by atoms with E-state index in [0.29, 0.717) is 0 Å². The highest BCUT2D eigenvalue weighted by atomic mass is 28.3. The summed E-state index contributed by atoms with van der Waals surface area (Å²) in [5.41, 5.74) is 23.5. The van der Waals surface area contributed by atoms with Crippen LogP contribution in [0.25, 0.3) is 127 Å². The van der Waals surface area contributed by atoms with Gasteiger partial charge < -0.3 is 4.57 Å². The monoisotopic (exact) mass is 957 g/mol. The fraction of sp³-hybridized carbons (Fsp3) is 0.0278. The summed E-state index contributed by atoms with van der Waals surface area (Å²) in [6.07, 6.45) is 0. The number of fused-ring (bicyclic) bond motifs is 7. The smallest absolute Gasteiger partial charge is 0.113 e. The molecule has 2 heteroatoms. The first-order valence-electron chi connectivity index (χ1n) is 25.8. The number of benzene rings is 12. The van der Waals surface area contributed by atoms with Gasteiger partial charge >= 0.3 is 0 Å². The summed E-state index contributed by atoms with van der Waals surface area (Å²) >= 11 is 0. The maximum absolute atomic E-state index is 2.54. The van der Waals surface area contributed by atoms with Crippen molar-refractivity contribution >= 4 is 51.0 Å². The third kappa shape index (κ3) is 7.45. The van der Waals surface area contributed by atoms with Gasteiger partial charge in [-0.25, -0.2) is 0 Å². The molecule has 12 aromatic carbocycles. The Morgan fingerprint density at radius 3 is 1.09 bits per heavy atom. The minimum absolute atomic E-state index is 1.20. The maximum Gasteiger partial charge on any atom is 0.113 e. The van der Waals surface area contributed by atoms with Crippen molar-refractivity contribution in [3.8, 4) is 94.7 Å². The topological polar surface area (TPSA) is 4.93 Å². The molecule has 1 aromatic heterocycles. The van der Waals surface area contributed by atoms with E-state index in [1.807, 2.05) is 0 Å². The molecular formula is C72H51NSi. The fourth-order valence-corrected chi connectivity index (χ4v) is 14.9. The molecule has 0 atom stereocenters. The first kappa shape index (κ1) is 43.7. The van der Waals surface area contributed by atoms with Gasteiger partial charge in [-0.1, -0.05) is 250 Å². The van der Waals surface area contributed by atoms with Crippen molar-refractivity contribution in [1.29, 1.82) is 0 Å². The van der Waals surface area contributed by atoms with Gasteiger partial charge in [0.25, 0.3) is 0 Å². The van der Waals surface area contributed by atoms with Crippen LogP contribution in [0.5, 0.6) is 0 Å². The molecule has 1 aliphatic rings. The van der Waals surface area contributed by atoms with Gasteiger partial charge in [0.05, 0.1) is 11.0 Å². The number of nitrogens with zero attached hydrogens (tertiary/aromatic N) is 1. The van der Waals surface area contributed by atoms with Crippen molar-refractivity contribution in [3.63, 3.8) is 0 Å². The van der Waals surface area contributed by atoms with E-state index in [1.165, 1.54) is 138 Å². The molecule has 1 aliphatic heterocycles. The molecule has 0 saturated heterocycles. The lowest BCUT2D eigenvalue weighted by Crippen LogP contribution is -2.49. The molecule has 0 bridgehead atoms. The highest BCUT2D eigenvalue weighted by Gasteiger charge is 2.38. The Balaban J connectivity index is 0.846. The highest BCUT2D eigenvalue weighted by molar-refractivity contribution is 7.03. The average molecular weight is 958 g/mol. The molecular weight excluding hydrogens is 907 g/mol. The summed E-state index contributed by atoms with van der Waals surface area (Å²) < 4.78 is 2.51. The minimum atomic E-state index is -2.11. The second-order valence-corrected chi connectivity index (χ2v) is 24.8. The van der Waals surface area contributed by atoms with Gasteiger partial charge in [-0.05, 0) is 147 Å². The summed E-state index contributed by atoms with van der Waals surface area (Å²) in [7, 11) is -2.11. The van der Waals surface area contributed by atoms with Crippen LogP contribution in [-0.4, -0.2) is 12.6 Å². The van der Waals surface area contributed by atoms with Crippen LogP contribution in [0, 0.1) is 0 Å². The van der Waals surface area contributed by atoms with Gasteiger partial charge in [-0.15, -0.1) is 0 Å². The van der Waals surface area contributed by atoms with E-state index in [1.54, 1.807) is 0 Å². The van der Waals surface area contributed by atoms with Crippen molar-refractivity contribution < 1.29 is 0 Å². The molecule has 348 valence electrons. The van der Waals surface area contributed by atoms with Crippen molar-refractivity contribution in [2.45, 2.75) is 13.1 Å². The molecule has 0 aliphatic carbocycles. The van der Waals surface area contributed by atoms with Gasteiger partial charge in [-0.3, -0.25) is 0 Å². The number of hydrogen-bond donors (Lipinski definition) is 0. The van der Waals surface area contributed by atoms with E-state index in [4.69, 9.17) is 0 Å². The first-order valence-corrected chi connectivity index (χ1v) is 28.8. The molecule has 0 N–H and O–H groups in total. The molecule has 0 spiro atoms. The van der Waals surface area contributed by atoms with E-state index in [0.717, 1.165) is 0 Å². The van der Waals surface area contributed by atoms with E-state index in [-0.39, 0.29) is 0 Å². The van der Waals surface area contributed by atoms with Crippen LogP contribution >= 0.6 is 0 Å². The van der Waals surface area contributed by atoms with Crippen LogP contribution < -0.4 is 10.4 Å². The van der Waals surface area contributed by atoms with Crippen LogP contribution in [0.15, 0.2) is 273 Å². The molecule has 13 aromatic rings. The fourth-order valence-electron chi connectivity index (χ4n) is 11.9. The normalized spacial score (nSPS) is 12.6. The van der Waals surface area contributed by atoms with E-state index < -0.39 is 8.07 Å². The summed E-state index contributed by atoms with van der Waals surface area (Å²) in [6.45, 7) is 5.07. The van der Waals surface area contributed by atoms with Gasteiger partial charge in [0.15, 0.2) is 0 Å². The van der Waals surface area contributed by atoms with Crippen molar-refractivity contribution in [2.24, 2.45) is 0 Å². The molecule has 2 heterocycles. The van der Waals surface area contributed by atoms with Gasteiger partial charge in [0, 0.05) is 16.5 Å². The molecule has 0 radical (unpaired) electrons. The van der Waals surface area contributed by atoms with Crippen molar-refractivity contribution in [3.05, 3.63) is 273 Å². The van der Waals surface area contributed by atoms with E-state index in [2.05, 4.69) is 291 Å². The number of rotatable bonds is 8. The largest absolute Gasteiger partial charge is 0.309 e. The second kappa shape index (κ2) is 17.6. The average Bonchev–Trinajstić information content (AvgIpc) is 3.92. The van der Waals surface area contributed by atoms with Gasteiger partial charge in [-0.2, -0.15) is 0 Å². The van der Waals surface area contributed by atoms with Crippen LogP contribution in [0.2, 0.25) is 13.1 Å². The Bertz CT molecular complexity index is 4070. The molecule has 0 unspecified atom stereocenters. The quantitative estimate of drug-likeness (QED) is 0.134. The zero-order valence-corrected chi connectivity index (χ0v) is 42.4. The Hall–Kier alpha value is -9.08. The third-order valence-corrected chi connectivity index (χ3v) is 19.4. The Morgan fingerprint density at radius 1 is 0.243 bits per heavy atom. The second-order valence-electron chi connectivity index (χ2n) is 20.5. The Labute approximate surface area is 434 Å². The standard InChI is InChI=1S/C72H51NSi/c1-74(2)71-46-61(64-19-11-17-58-16-9-10-18-63(58)64)36-40-65(71)66-41-39-62(47-72(66)74)73-69-42-37-59(56-32-28-54(29-33-56)52-24-20-50(21-25-52)48-12-5-3-6-13-48)44-67(69)68-45-60(38-43-70(68)73)57-34-30-55(31-35-57)53-26-22-51(23-27-53)49-14-7-4-8-15-49/h3-47H,1-2H3. The molecule has 14 rings (SSSR count). The summed E-state index contributed by atoms with van der Waals surface area (Å²) in [6, 6.07) is 101. The maximum atomic E-state index is 2.54. The van der Waals surface area contributed by atoms with Gasteiger partial charge in [0.1, 0.15) is 8.07 Å². The number of hydrogen-bond acceptors (Lipinski definition) is 0. The van der Waals surface area contributed by atoms with Crippen LogP contribution in [0.4, 0.5) is 0 Å². The summed E-state index contributed by atoms with van der Waals surface area (Å²) in [4.78, 5) is 0. The van der Waals surface area contributed by atoms with E-state index in [9.17, 15) is 0 Å². The van der Waals surface area contributed by atoms with Gasteiger partial charge in [0.2, 0.25) is 0 Å². The molecule has 74 heavy (non-hydrogen) atoms. The van der Waals surface area contributed by atoms with Crippen molar-refractivity contribution in [2.75, 3.05) is 0 Å². The lowest BCUT2D eigenvalue weighted by Gasteiger charge is -2.21. The Morgan fingerprint density at radius 2 is 0.608 bits per heavy atom. The first-order chi connectivity index (χ1) is 36.4. The summed E-state index contributed by atoms with van der Waals surface area (Å²) in [5.74, 6) is 0. The SMILES string of the molecule is C[Si]1(C)c2cc(-c3cccc4ccccc34)ccc2-c2ccc(-n3c4ccc(-c5ccc(-c6ccc(-c7ccccc7)cc6)cc5)cc4c4cc(-c5ccc(-c6ccc(-c7ccccc7)cc6)cc5)ccc43)cc21. The highest BCUT2D eigenvalue weighted by Crippen LogP contribution is 2.40. The van der Waals surface area contributed by atoms with Crippen molar-refractivity contribution in [1.82, 2.24) is 4.57 Å². The van der Waals surface area contributed by atoms with Crippen LogP contribution in [0.3, 0.4) is 0 Å². The van der Waals surface area contributed by atoms with Crippen LogP contribution in [-0.2, 0) is 0 Å². The zero-order valence-electron chi connectivity index (χ0n) is 41.4.